The summed E-state index contributed by atoms with van der Waals surface area (Å²) >= 11 is -0.101. The van der Waals surface area contributed by atoms with Crippen molar-refractivity contribution in [2.24, 2.45) is 0 Å². The molecule has 21 heavy (non-hydrogen) atoms. The predicted octanol–water partition coefficient (Wildman–Crippen LogP) is 5.09. The highest BCUT2D eigenvalue weighted by Crippen LogP contribution is 2.46. The van der Waals surface area contributed by atoms with Crippen molar-refractivity contribution in [3.8, 4) is 5.75 Å². The second-order valence-electron chi connectivity index (χ2n) is 4.50. The number of rotatable bonds is 2. The molecular formula is C16H11F3OS. The molecule has 0 aliphatic carbocycles. The van der Waals surface area contributed by atoms with Gasteiger partial charge in [0, 0.05) is 16.0 Å². The standard InChI is InChI=1S/C16H11F3OS/c17-16(18,19)21-14-10-20-13-9-5-4-8-12(13)15(14)11-6-2-1-3-7-11/h1-9H,10H2. The van der Waals surface area contributed by atoms with Crippen LogP contribution >= 0.6 is 11.8 Å². The smallest absolute Gasteiger partial charge is 0.446 e. The van der Waals surface area contributed by atoms with Crippen LogP contribution in [0, 0.1) is 0 Å². The Morgan fingerprint density at radius 3 is 2.29 bits per heavy atom. The van der Waals surface area contributed by atoms with Gasteiger partial charge in [-0.25, -0.2) is 0 Å². The molecule has 0 atom stereocenters. The van der Waals surface area contributed by atoms with Gasteiger partial charge in [-0.2, -0.15) is 13.2 Å². The largest absolute Gasteiger partial charge is 0.488 e. The summed E-state index contributed by atoms with van der Waals surface area (Å²) in [5.74, 6) is 0.614. The number of alkyl halides is 3. The molecule has 0 N–H and O–H groups in total. The normalized spacial score (nSPS) is 14.6. The van der Waals surface area contributed by atoms with Crippen LogP contribution in [0.15, 0.2) is 59.5 Å². The van der Waals surface area contributed by atoms with Crippen LogP contribution in [0.3, 0.4) is 0 Å². The molecule has 2 aromatic carbocycles. The highest BCUT2D eigenvalue weighted by molar-refractivity contribution is 8.04. The van der Waals surface area contributed by atoms with Gasteiger partial charge in [0.15, 0.2) is 0 Å². The molecule has 0 aromatic heterocycles. The number of halogens is 3. The van der Waals surface area contributed by atoms with E-state index in [1.165, 1.54) is 0 Å². The predicted molar refractivity (Wildman–Crippen MR) is 78.0 cm³/mol. The zero-order chi connectivity index (χ0) is 14.9. The lowest BCUT2D eigenvalue weighted by molar-refractivity contribution is -0.0323. The van der Waals surface area contributed by atoms with E-state index in [9.17, 15) is 13.2 Å². The van der Waals surface area contributed by atoms with Crippen LogP contribution in [0.5, 0.6) is 5.75 Å². The Morgan fingerprint density at radius 1 is 0.905 bits per heavy atom. The molecule has 0 spiro atoms. The minimum Gasteiger partial charge on any atom is -0.488 e. The summed E-state index contributed by atoms with van der Waals surface area (Å²) in [6.45, 7) is -0.0641. The fourth-order valence-electron chi connectivity index (χ4n) is 2.31. The Bertz CT molecular complexity index is 677. The lowest BCUT2D eigenvalue weighted by Crippen LogP contribution is -2.13. The summed E-state index contributed by atoms with van der Waals surface area (Å²) in [5.41, 5.74) is -2.27. The van der Waals surface area contributed by atoms with Gasteiger partial charge in [-0.1, -0.05) is 48.5 Å². The minimum atomic E-state index is -4.33. The fourth-order valence-corrected chi connectivity index (χ4v) is 3.03. The lowest BCUT2D eigenvalue weighted by Gasteiger charge is -2.24. The third-order valence-electron chi connectivity index (χ3n) is 3.10. The molecule has 5 heteroatoms. The maximum Gasteiger partial charge on any atom is 0.446 e. The van der Waals surface area contributed by atoms with Crippen LogP contribution in [0.25, 0.3) is 5.57 Å². The van der Waals surface area contributed by atoms with Crippen molar-refractivity contribution in [3.05, 3.63) is 70.6 Å². The van der Waals surface area contributed by atoms with E-state index in [0.717, 1.165) is 5.56 Å². The van der Waals surface area contributed by atoms with E-state index in [0.29, 0.717) is 16.9 Å². The average molecular weight is 308 g/mol. The first-order valence-electron chi connectivity index (χ1n) is 6.31. The Labute approximate surface area is 124 Å². The van der Waals surface area contributed by atoms with Crippen LogP contribution in [-0.4, -0.2) is 12.1 Å². The molecule has 108 valence electrons. The molecule has 1 nitrogen and oxygen atoms in total. The van der Waals surface area contributed by atoms with E-state index < -0.39 is 5.51 Å². The summed E-state index contributed by atoms with van der Waals surface area (Å²) in [5, 5.41) is 0. The molecule has 0 saturated heterocycles. The topological polar surface area (TPSA) is 9.23 Å². The van der Waals surface area contributed by atoms with Gasteiger partial charge in [0.25, 0.3) is 0 Å². The zero-order valence-electron chi connectivity index (χ0n) is 10.9. The molecule has 1 heterocycles. The van der Waals surface area contributed by atoms with Gasteiger partial charge >= 0.3 is 5.51 Å². The van der Waals surface area contributed by atoms with Gasteiger partial charge in [-0.3, -0.25) is 0 Å². The zero-order valence-corrected chi connectivity index (χ0v) is 11.7. The fraction of sp³-hybridized carbons (Fsp3) is 0.125. The molecule has 0 radical (unpaired) electrons. The minimum absolute atomic E-state index is 0.0641. The first kappa shape index (κ1) is 14.1. The van der Waals surface area contributed by atoms with Crippen LogP contribution in [-0.2, 0) is 0 Å². The van der Waals surface area contributed by atoms with Gasteiger partial charge in [-0.15, -0.1) is 0 Å². The van der Waals surface area contributed by atoms with E-state index in [1.807, 2.05) is 36.4 Å². The van der Waals surface area contributed by atoms with E-state index >= 15 is 0 Å². The van der Waals surface area contributed by atoms with Crippen molar-refractivity contribution < 1.29 is 17.9 Å². The van der Waals surface area contributed by atoms with E-state index in [1.54, 1.807) is 18.2 Å². The van der Waals surface area contributed by atoms with Crippen LogP contribution in [0.2, 0.25) is 0 Å². The lowest BCUT2D eigenvalue weighted by atomic mass is 9.95. The van der Waals surface area contributed by atoms with E-state index in [-0.39, 0.29) is 23.3 Å². The number of fused-ring (bicyclic) bond motifs is 1. The summed E-state index contributed by atoms with van der Waals surface area (Å²) in [7, 11) is 0. The van der Waals surface area contributed by atoms with Gasteiger partial charge < -0.3 is 4.74 Å². The molecule has 0 saturated carbocycles. The number of thioether (sulfide) groups is 1. The molecule has 3 rings (SSSR count). The molecule has 0 bridgehead atoms. The van der Waals surface area contributed by atoms with Crippen molar-refractivity contribution in [3.63, 3.8) is 0 Å². The van der Waals surface area contributed by atoms with Crippen LogP contribution in [0.1, 0.15) is 11.1 Å². The van der Waals surface area contributed by atoms with Crippen molar-refractivity contribution in [2.75, 3.05) is 6.61 Å². The summed E-state index contributed by atoms with van der Waals surface area (Å²) < 4.78 is 43.8. The highest BCUT2D eigenvalue weighted by atomic mass is 32.2. The molecule has 0 amide bonds. The molecule has 0 unspecified atom stereocenters. The maximum atomic E-state index is 12.8. The summed E-state index contributed by atoms with van der Waals surface area (Å²) in [6, 6.07) is 16.3. The van der Waals surface area contributed by atoms with Crippen molar-refractivity contribution in [1.82, 2.24) is 0 Å². The Morgan fingerprint density at radius 2 is 1.57 bits per heavy atom. The van der Waals surface area contributed by atoms with Crippen molar-refractivity contribution in [1.29, 1.82) is 0 Å². The number of ether oxygens (including phenoxy) is 1. The first-order valence-corrected chi connectivity index (χ1v) is 7.13. The number of hydrogen-bond donors (Lipinski definition) is 0. The van der Waals surface area contributed by atoms with Crippen molar-refractivity contribution in [2.45, 2.75) is 5.51 Å². The highest BCUT2D eigenvalue weighted by Gasteiger charge is 2.34. The monoisotopic (exact) mass is 308 g/mol. The maximum absolute atomic E-state index is 12.8. The second-order valence-corrected chi connectivity index (χ2v) is 5.66. The van der Waals surface area contributed by atoms with E-state index in [2.05, 4.69) is 0 Å². The summed E-state index contributed by atoms with van der Waals surface area (Å²) in [6.07, 6.45) is 0. The molecule has 2 aromatic rings. The molecular weight excluding hydrogens is 297 g/mol. The van der Waals surface area contributed by atoms with Gasteiger partial charge in [0.05, 0.1) is 0 Å². The van der Waals surface area contributed by atoms with Crippen molar-refractivity contribution >= 4 is 17.3 Å². The first-order chi connectivity index (χ1) is 10.0. The third kappa shape index (κ3) is 3.08. The molecule has 0 fully saturated rings. The summed E-state index contributed by atoms with van der Waals surface area (Å²) in [4.78, 5) is 0.187. The number of para-hydroxylation sites is 1. The van der Waals surface area contributed by atoms with Crippen LogP contribution in [0.4, 0.5) is 13.2 Å². The van der Waals surface area contributed by atoms with Gasteiger partial charge in [0.2, 0.25) is 0 Å². The molecule has 1 aliphatic rings. The van der Waals surface area contributed by atoms with Gasteiger partial charge in [0.1, 0.15) is 12.4 Å². The second kappa shape index (κ2) is 5.48. The average Bonchev–Trinajstić information content (AvgIpc) is 2.46. The van der Waals surface area contributed by atoms with E-state index in [4.69, 9.17) is 4.74 Å². The SMILES string of the molecule is FC(F)(F)SC1=C(c2ccccc2)c2ccccc2OC1. The molecule has 1 aliphatic heterocycles. The Hall–Kier alpha value is -1.88. The van der Waals surface area contributed by atoms with Crippen LogP contribution < -0.4 is 4.74 Å². The number of benzene rings is 2. The Kier molecular flexibility index (Phi) is 3.68. The Balaban J connectivity index is 2.17. The number of hydrogen-bond acceptors (Lipinski definition) is 2. The third-order valence-corrected chi connectivity index (χ3v) is 3.90. The quantitative estimate of drug-likeness (QED) is 0.764. The van der Waals surface area contributed by atoms with Gasteiger partial charge in [-0.05, 0) is 23.4 Å².